The molecule has 0 aliphatic carbocycles. The van der Waals surface area contributed by atoms with Crippen molar-refractivity contribution >= 4 is 21.6 Å². The smallest absolute Gasteiger partial charge is 0.100 e. The van der Waals surface area contributed by atoms with Crippen molar-refractivity contribution in [2.75, 3.05) is 11.9 Å². The van der Waals surface area contributed by atoms with E-state index in [0.29, 0.717) is 12.1 Å². The minimum absolute atomic E-state index is 0.231. The van der Waals surface area contributed by atoms with E-state index in [1.165, 1.54) is 0 Å². The molecule has 3 nitrogen and oxygen atoms in total. The normalized spacial score (nSPS) is 11.9. The van der Waals surface area contributed by atoms with Crippen LogP contribution >= 0.6 is 15.9 Å². The molecule has 0 aliphatic heterocycles. The van der Waals surface area contributed by atoms with E-state index < -0.39 is 0 Å². The highest BCUT2D eigenvalue weighted by Crippen LogP contribution is 2.21. The summed E-state index contributed by atoms with van der Waals surface area (Å²) in [6, 6.07) is 7.85. The van der Waals surface area contributed by atoms with Crippen LogP contribution in [0.3, 0.4) is 0 Å². The number of nitrogens with one attached hydrogen (secondary N) is 1. The van der Waals surface area contributed by atoms with Gasteiger partial charge in [0.2, 0.25) is 0 Å². The van der Waals surface area contributed by atoms with E-state index in [2.05, 4.69) is 27.3 Å². The number of benzene rings is 1. The van der Waals surface area contributed by atoms with Gasteiger partial charge in [0, 0.05) is 22.7 Å². The molecule has 0 aromatic heterocycles. The van der Waals surface area contributed by atoms with Crippen LogP contribution in [0.15, 0.2) is 22.7 Å². The summed E-state index contributed by atoms with van der Waals surface area (Å²) in [6.45, 7) is 2.59. The van der Waals surface area contributed by atoms with E-state index in [4.69, 9.17) is 11.0 Å². The zero-order valence-electron chi connectivity index (χ0n) is 7.92. The molecule has 0 bridgehead atoms. The molecule has 1 aromatic carbocycles. The third-order valence-corrected chi connectivity index (χ3v) is 2.51. The average Bonchev–Trinajstić information content (AvgIpc) is 2.18. The molecule has 0 fully saturated rings. The Morgan fingerprint density at radius 1 is 1.64 bits per heavy atom. The highest BCUT2D eigenvalue weighted by Gasteiger charge is 2.02. The number of nitriles is 1. The van der Waals surface area contributed by atoms with Gasteiger partial charge in [-0.25, -0.2) is 0 Å². The van der Waals surface area contributed by atoms with E-state index in [1.54, 1.807) is 6.07 Å². The summed E-state index contributed by atoms with van der Waals surface area (Å²) in [5.41, 5.74) is 7.09. The van der Waals surface area contributed by atoms with Crippen molar-refractivity contribution in [1.29, 1.82) is 5.26 Å². The lowest BCUT2D eigenvalue weighted by molar-refractivity contribution is 0.804. The Morgan fingerprint density at radius 3 is 2.86 bits per heavy atom. The van der Waals surface area contributed by atoms with Crippen LogP contribution in [0, 0.1) is 11.3 Å². The summed E-state index contributed by atoms with van der Waals surface area (Å²) >= 11 is 3.33. The van der Waals surface area contributed by atoms with Crippen LogP contribution in [0.4, 0.5) is 5.69 Å². The van der Waals surface area contributed by atoms with Crippen LogP contribution in [0.1, 0.15) is 12.5 Å². The average molecular weight is 254 g/mol. The van der Waals surface area contributed by atoms with Crippen LogP contribution in [-0.4, -0.2) is 12.6 Å². The lowest BCUT2D eigenvalue weighted by Gasteiger charge is -2.13. The molecule has 1 aromatic rings. The fourth-order valence-electron chi connectivity index (χ4n) is 1.04. The molecule has 1 atom stereocenters. The van der Waals surface area contributed by atoms with E-state index in [0.717, 1.165) is 10.2 Å². The minimum Gasteiger partial charge on any atom is -0.381 e. The molecule has 0 aliphatic rings. The number of anilines is 1. The number of rotatable bonds is 3. The zero-order chi connectivity index (χ0) is 10.6. The van der Waals surface area contributed by atoms with Crippen LogP contribution in [-0.2, 0) is 0 Å². The number of halogens is 1. The number of hydrogen-bond donors (Lipinski definition) is 2. The Labute approximate surface area is 92.0 Å². The first-order chi connectivity index (χ1) is 6.67. The molecular formula is C10H12BrN3. The van der Waals surface area contributed by atoms with Gasteiger partial charge in [0.05, 0.1) is 5.56 Å². The molecule has 0 spiro atoms. The predicted molar refractivity (Wildman–Crippen MR) is 61.0 cm³/mol. The molecule has 0 heterocycles. The molecule has 4 heteroatoms. The van der Waals surface area contributed by atoms with Crippen molar-refractivity contribution in [3.63, 3.8) is 0 Å². The van der Waals surface area contributed by atoms with Gasteiger partial charge in [0.1, 0.15) is 6.07 Å². The molecule has 1 unspecified atom stereocenters. The second-order valence-corrected chi connectivity index (χ2v) is 3.94. The first-order valence-corrected chi connectivity index (χ1v) is 5.13. The van der Waals surface area contributed by atoms with Crippen molar-refractivity contribution in [3.05, 3.63) is 28.2 Å². The number of nitrogens with zero attached hydrogens (tertiary/aromatic N) is 1. The molecule has 74 valence electrons. The maximum absolute atomic E-state index is 8.72. The summed E-state index contributed by atoms with van der Waals surface area (Å²) in [6.07, 6.45) is 0. The molecule has 0 saturated carbocycles. The largest absolute Gasteiger partial charge is 0.381 e. The van der Waals surface area contributed by atoms with Gasteiger partial charge in [-0.15, -0.1) is 0 Å². The van der Waals surface area contributed by atoms with Crippen LogP contribution in [0.2, 0.25) is 0 Å². The third-order valence-electron chi connectivity index (χ3n) is 1.86. The second kappa shape index (κ2) is 4.99. The van der Waals surface area contributed by atoms with Crippen LogP contribution < -0.4 is 11.1 Å². The lowest BCUT2D eigenvalue weighted by atomic mass is 10.2. The highest BCUT2D eigenvalue weighted by atomic mass is 79.9. The summed E-state index contributed by atoms with van der Waals surface area (Å²) in [5.74, 6) is 0. The molecule has 0 amide bonds. The van der Waals surface area contributed by atoms with Gasteiger partial charge in [-0.05, 0) is 41.1 Å². The molecule has 1 rings (SSSR count). The van der Waals surface area contributed by atoms with Gasteiger partial charge in [0.15, 0.2) is 0 Å². The Morgan fingerprint density at radius 2 is 2.36 bits per heavy atom. The van der Waals surface area contributed by atoms with Gasteiger partial charge >= 0.3 is 0 Å². The van der Waals surface area contributed by atoms with E-state index in [1.807, 2.05) is 19.1 Å². The summed E-state index contributed by atoms with van der Waals surface area (Å²) in [7, 11) is 0. The van der Waals surface area contributed by atoms with Crippen molar-refractivity contribution in [2.45, 2.75) is 13.0 Å². The zero-order valence-corrected chi connectivity index (χ0v) is 9.51. The Kier molecular flexibility index (Phi) is 3.93. The Hall–Kier alpha value is -1.05. The minimum atomic E-state index is 0.231. The van der Waals surface area contributed by atoms with Gasteiger partial charge in [-0.2, -0.15) is 5.26 Å². The van der Waals surface area contributed by atoms with Gasteiger partial charge in [-0.3, -0.25) is 0 Å². The van der Waals surface area contributed by atoms with Crippen LogP contribution in [0.5, 0.6) is 0 Å². The number of nitrogens with two attached hydrogens (primary N) is 1. The first kappa shape index (κ1) is 11.0. The SMILES string of the molecule is CC(CN)Nc1ccc(C#N)c(Br)c1. The molecule has 3 N–H and O–H groups in total. The Balaban J connectivity index is 2.82. The lowest BCUT2D eigenvalue weighted by Crippen LogP contribution is -2.25. The van der Waals surface area contributed by atoms with Crippen molar-refractivity contribution in [2.24, 2.45) is 5.73 Å². The molecule has 0 radical (unpaired) electrons. The maximum Gasteiger partial charge on any atom is 0.100 e. The highest BCUT2D eigenvalue weighted by molar-refractivity contribution is 9.10. The van der Waals surface area contributed by atoms with Crippen molar-refractivity contribution in [1.82, 2.24) is 0 Å². The number of hydrogen-bond acceptors (Lipinski definition) is 3. The van der Waals surface area contributed by atoms with Gasteiger partial charge in [-0.1, -0.05) is 0 Å². The standard InChI is InChI=1S/C10H12BrN3/c1-7(5-12)14-9-3-2-8(6-13)10(11)4-9/h2-4,7,14H,5,12H2,1H3. The fourth-order valence-corrected chi connectivity index (χ4v) is 1.51. The van der Waals surface area contributed by atoms with Crippen molar-refractivity contribution in [3.8, 4) is 6.07 Å². The second-order valence-electron chi connectivity index (χ2n) is 3.09. The van der Waals surface area contributed by atoms with E-state index >= 15 is 0 Å². The third kappa shape index (κ3) is 2.72. The predicted octanol–water partition coefficient (Wildman–Crippen LogP) is 2.08. The van der Waals surface area contributed by atoms with E-state index in [9.17, 15) is 0 Å². The first-order valence-electron chi connectivity index (χ1n) is 4.33. The topological polar surface area (TPSA) is 61.8 Å². The molecule has 0 saturated heterocycles. The quantitative estimate of drug-likeness (QED) is 0.868. The van der Waals surface area contributed by atoms with Gasteiger partial charge in [0.25, 0.3) is 0 Å². The summed E-state index contributed by atoms with van der Waals surface area (Å²) in [5, 5.41) is 11.9. The Bertz CT molecular complexity index is 357. The molecule has 14 heavy (non-hydrogen) atoms. The summed E-state index contributed by atoms with van der Waals surface area (Å²) < 4.78 is 0.800. The summed E-state index contributed by atoms with van der Waals surface area (Å²) in [4.78, 5) is 0. The van der Waals surface area contributed by atoms with Crippen molar-refractivity contribution < 1.29 is 0 Å². The van der Waals surface area contributed by atoms with E-state index in [-0.39, 0.29) is 6.04 Å². The van der Waals surface area contributed by atoms with Crippen LogP contribution in [0.25, 0.3) is 0 Å². The maximum atomic E-state index is 8.72. The van der Waals surface area contributed by atoms with Gasteiger partial charge < -0.3 is 11.1 Å². The molecular weight excluding hydrogens is 242 g/mol. The monoisotopic (exact) mass is 253 g/mol. The fraction of sp³-hybridized carbons (Fsp3) is 0.300.